The summed E-state index contributed by atoms with van der Waals surface area (Å²) in [5, 5.41) is 0. The summed E-state index contributed by atoms with van der Waals surface area (Å²) in [5.74, 6) is -1.35. The molecule has 0 bridgehead atoms. The quantitative estimate of drug-likeness (QED) is 0.693. The van der Waals surface area contributed by atoms with Gasteiger partial charge in [0, 0.05) is 10.6 Å². The molecular formula is C13H11ClFNO2S. The molecular weight excluding hydrogens is 289 g/mol. The smallest absolute Gasteiger partial charge is 0.341 e. The summed E-state index contributed by atoms with van der Waals surface area (Å²) in [6, 6.07) is 6.19. The average Bonchev–Trinajstić information content (AvgIpc) is 2.76. The van der Waals surface area contributed by atoms with Crippen LogP contribution in [0.4, 0.5) is 10.1 Å². The summed E-state index contributed by atoms with van der Waals surface area (Å²) in [6.45, 7) is 1.60. The Hall–Kier alpha value is -1.59. The maximum atomic E-state index is 13.8. The minimum absolute atomic E-state index is 0.0590. The Morgan fingerprint density at radius 2 is 2.21 bits per heavy atom. The van der Waals surface area contributed by atoms with Gasteiger partial charge in [-0.25, -0.2) is 9.18 Å². The summed E-state index contributed by atoms with van der Waals surface area (Å²) in [4.78, 5) is 12.6. The zero-order chi connectivity index (χ0) is 14.0. The minimum atomic E-state index is -0.738. The van der Waals surface area contributed by atoms with Crippen LogP contribution < -0.4 is 5.73 Å². The number of thiophene rings is 1. The Balaban J connectivity index is 2.12. The summed E-state index contributed by atoms with van der Waals surface area (Å²) >= 11 is 7.07. The largest absolute Gasteiger partial charge is 0.456 e. The van der Waals surface area contributed by atoms with Crippen molar-refractivity contribution < 1.29 is 13.9 Å². The van der Waals surface area contributed by atoms with Crippen LogP contribution in [0, 0.1) is 12.7 Å². The fourth-order valence-corrected chi connectivity index (χ4v) is 2.59. The number of ether oxygens (including phenoxy) is 1. The highest BCUT2D eigenvalue weighted by Gasteiger charge is 2.16. The lowest BCUT2D eigenvalue weighted by atomic mass is 10.1. The first-order valence-electron chi connectivity index (χ1n) is 5.44. The molecule has 0 saturated carbocycles. The Morgan fingerprint density at radius 3 is 2.84 bits per heavy atom. The lowest BCUT2D eigenvalue weighted by Crippen LogP contribution is -2.09. The first-order chi connectivity index (χ1) is 8.97. The van der Waals surface area contributed by atoms with Crippen LogP contribution in [0.5, 0.6) is 0 Å². The number of benzene rings is 1. The molecule has 1 aromatic heterocycles. The molecule has 1 heterocycles. The predicted octanol–water partition coefficient (Wildman–Crippen LogP) is 3.79. The topological polar surface area (TPSA) is 52.3 Å². The number of rotatable bonds is 3. The molecule has 3 nitrogen and oxygen atoms in total. The van der Waals surface area contributed by atoms with Crippen molar-refractivity contribution in [3.8, 4) is 0 Å². The van der Waals surface area contributed by atoms with E-state index in [0.29, 0.717) is 15.6 Å². The third-order valence-electron chi connectivity index (χ3n) is 2.47. The van der Waals surface area contributed by atoms with E-state index in [9.17, 15) is 9.18 Å². The Bertz CT molecular complexity index is 627. The molecule has 0 aliphatic carbocycles. The monoisotopic (exact) mass is 299 g/mol. The van der Waals surface area contributed by atoms with Gasteiger partial charge >= 0.3 is 5.97 Å². The molecule has 2 N–H and O–H groups in total. The molecule has 100 valence electrons. The Kier molecular flexibility index (Phi) is 4.07. The van der Waals surface area contributed by atoms with Gasteiger partial charge < -0.3 is 10.5 Å². The molecule has 0 radical (unpaired) electrons. The van der Waals surface area contributed by atoms with Crippen LogP contribution in [0.25, 0.3) is 0 Å². The molecule has 0 atom stereocenters. The van der Waals surface area contributed by atoms with Crippen LogP contribution in [0.15, 0.2) is 24.3 Å². The van der Waals surface area contributed by atoms with Crippen molar-refractivity contribution in [1.29, 1.82) is 0 Å². The first kappa shape index (κ1) is 13.8. The average molecular weight is 300 g/mol. The zero-order valence-corrected chi connectivity index (χ0v) is 11.6. The van der Waals surface area contributed by atoms with Crippen LogP contribution in [0.1, 0.15) is 20.8 Å². The van der Waals surface area contributed by atoms with Gasteiger partial charge in [0.05, 0.1) is 9.90 Å². The number of hydrogen-bond donors (Lipinski definition) is 1. The highest BCUT2D eigenvalue weighted by Crippen LogP contribution is 2.23. The molecule has 0 spiro atoms. The molecule has 2 rings (SSSR count). The van der Waals surface area contributed by atoms with Gasteiger partial charge in [-0.05, 0) is 36.8 Å². The van der Waals surface area contributed by atoms with Crippen molar-refractivity contribution in [3.63, 3.8) is 0 Å². The van der Waals surface area contributed by atoms with E-state index in [-0.39, 0.29) is 12.2 Å². The van der Waals surface area contributed by atoms with Gasteiger partial charge in [-0.1, -0.05) is 11.6 Å². The van der Waals surface area contributed by atoms with Gasteiger partial charge in [-0.2, -0.15) is 0 Å². The van der Waals surface area contributed by atoms with E-state index in [1.54, 1.807) is 19.1 Å². The molecule has 0 saturated heterocycles. The van der Waals surface area contributed by atoms with E-state index < -0.39 is 11.8 Å². The zero-order valence-electron chi connectivity index (χ0n) is 10.1. The molecule has 19 heavy (non-hydrogen) atoms. The van der Waals surface area contributed by atoms with Gasteiger partial charge in [-0.3, -0.25) is 0 Å². The number of esters is 1. The van der Waals surface area contributed by atoms with Crippen molar-refractivity contribution in [3.05, 3.63) is 50.4 Å². The molecule has 0 fully saturated rings. The first-order valence-corrected chi connectivity index (χ1v) is 6.64. The fourth-order valence-electron chi connectivity index (χ4n) is 1.59. The van der Waals surface area contributed by atoms with Crippen LogP contribution in [-0.4, -0.2) is 5.97 Å². The van der Waals surface area contributed by atoms with Crippen molar-refractivity contribution in [2.75, 3.05) is 5.73 Å². The number of carbonyl (C=O) groups is 1. The van der Waals surface area contributed by atoms with Gasteiger partial charge in [0.2, 0.25) is 0 Å². The second-order valence-corrected chi connectivity index (χ2v) is 5.78. The van der Waals surface area contributed by atoms with Crippen molar-refractivity contribution in [2.45, 2.75) is 13.5 Å². The highest BCUT2D eigenvalue weighted by molar-refractivity contribution is 7.16. The Labute approximate surface area is 118 Å². The number of halogens is 2. The molecule has 0 unspecified atom stereocenters. The molecule has 0 aliphatic rings. The van der Waals surface area contributed by atoms with Crippen LogP contribution in [-0.2, 0) is 11.3 Å². The fraction of sp³-hybridized carbons (Fsp3) is 0.154. The number of nitrogen functional groups attached to an aromatic ring is 1. The second kappa shape index (κ2) is 5.59. The van der Waals surface area contributed by atoms with E-state index in [1.807, 2.05) is 0 Å². The number of carbonyl (C=O) groups excluding carboxylic acids is 1. The van der Waals surface area contributed by atoms with E-state index in [0.717, 1.165) is 4.88 Å². The lowest BCUT2D eigenvalue weighted by molar-refractivity contribution is 0.0471. The summed E-state index contributed by atoms with van der Waals surface area (Å²) in [5.41, 5.74) is 6.07. The minimum Gasteiger partial charge on any atom is -0.456 e. The number of anilines is 1. The van der Waals surface area contributed by atoms with Gasteiger partial charge in [0.15, 0.2) is 0 Å². The highest BCUT2D eigenvalue weighted by atomic mass is 35.5. The van der Waals surface area contributed by atoms with E-state index in [2.05, 4.69) is 0 Å². The standard InChI is InChI=1S/C13H11ClFNO2S/c1-7-4-8(16)5-10(12(7)15)13(17)18-6-9-2-3-11(14)19-9/h2-5H,6,16H2,1H3. The molecule has 6 heteroatoms. The van der Waals surface area contributed by atoms with Crippen LogP contribution in [0.2, 0.25) is 4.34 Å². The third-order valence-corrected chi connectivity index (χ3v) is 3.68. The Morgan fingerprint density at radius 1 is 1.47 bits per heavy atom. The third kappa shape index (κ3) is 3.24. The predicted molar refractivity (Wildman–Crippen MR) is 74.0 cm³/mol. The molecule has 2 aromatic rings. The van der Waals surface area contributed by atoms with Crippen molar-refractivity contribution >= 4 is 34.6 Å². The lowest BCUT2D eigenvalue weighted by Gasteiger charge is -2.07. The number of aryl methyl sites for hydroxylation is 1. The maximum Gasteiger partial charge on any atom is 0.341 e. The molecule has 0 aliphatic heterocycles. The maximum absolute atomic E-state index is 13.8. The molecule has 0 amide bonds. The molecule has 1 aromatic carbocycles. The van der Waals surface area contributed by atoms with Crippen molar-refractivity contribution in [2.24, 2.45) is 0 Å². The number of hydrogen-bond acceptors (Lipinski definition) is 4. The second-order valence-electron chi connectivity index (χ2n) is 3.98. The number of nitrogens with two attached hydrogens (primary N) is 1. The van der Waals surface area contributed by atoms with E-state index in [1.165, 1.54) is 23.5 Å². The van der Waals surface area contributed by atoms with Gasteiger partial charge in [0.1, 0.15) is 12.4 Å². The van der Waals surface area contributed by atoms with Crippen LogP contribution >= 0.6 is 22.9 Å². The van der Waals surface area contributed by atoms with E-state index >= 15 is 0 Å². The van der Waals surface area contributed by atoms with Gasteiger partial charge in [-0.15, -0.1) is 11.3 Å². The summed E-state index contributed by atoms with van der Waals surface area (Å²) in [6.07, 6.45) is 0. The SMILES string of the molecule is Cc1cc(N)cc(C(=O)OCc2ccc(Cl)s2)c1F. The normalized spacial score (nSPS) is 10.5. The van der Waals surface area contributed by atoms with E-state index in [4.69, 9.17) is 22.1 Å². The van der Waals surface area contributed by atoms with Gasteiger partial charge in [0.25, 0.3) is 0 Å². The summed E-state index contributed by atoms with van der Waals surface area (Å²) < 4.78 is 19.4. The van der Waals surface area contributed by atoms with Crippen LogP contribution in [0.3, 0.4) is 0 Å². The summed E-state index contributed by atoms with van der Waals surface area (Å²) in [7, 11) is 0. The van der Waals surface area contributed by atoms with Crippen molar-refractivity contribution in [1.82, 2.24) is 0 Å².